The minimum absolute atomic E-state index is 0.235. The minimum Gasteiger partial charge on any atom is -0.491 e. The number of hydrogen-bond acceptors (Lipinski definition) is 4. The summed E-state index contributed by atoms with van der Waals surface area (Å²) in [5, 5.41) is 12.9. The second kappa shape index (κ2) is 9.35. The van der Waals surface area contributed by atoms with Crippen molar-refractivity contribution in [1.82, 2.24) is 5.32 Å². The maximum absolute atomic E-state index is 12.0. The molecule has 0 heterocycles. The second-order valence-corrected chi connectivity index (χ2v) is 6.42. The molecule has 0 radical (unpaired) electrons. The maximum atomic E-state index is 12.0. The predicted molar refractivity (Wildman–Crippen MR) is 88.5 cm³/mol. The van der Waals surface area contributed by atoms with Crippen LogP contribution in [0.5, 0.6) is 5.75 Å². The molecule has 0 fully saturated rings. The van der Waals surface area contributed by atoms with Crippen molar-refractivity contribution in [1.29, 1.82) is 0 Å². The van der Waals surface area contributed by atoms with Gasteiger partial charge in [0.2, 0.25) is 0 Å². The van der Waals surface area contributed by atoms with Crippen LogP contribution in [-0.2, 0) is 10.8 Å². The number of nitrogens with one attached hydrogen (secondary N) is 1. The molecule has 22 heavy (non-hydrogen) atoms. The molecule has 2 aromatic carbocycles. The lowest BCUT2D eigenvalue weighted by molar-refractivity contribution is 0.107. The van der Waals surface area contributed by atoms with Crippen LogP contribution in [0.25, 0.3) is 0 Å². The number of aliphatic hydroxyl groups excluding tert-OH is 1. The van der Waals surface area contributed by atoms with Crippen LogP contribution in [-0.4, -0.2) is 40.9 Å². The summed E-state index contributed by atoms with van der Waals surface area (Å²) >= 11 is 0. The first kappa shape index (κ1) is 16.7. The molecule has 0 saturated carbocycles. The van der Waals surface area contributed by atoms with Gasteiger partial charge in [0, 0.05) is 23.7 Å². The van der Waals surface area contributed by atoms with E-state index in [0.29, 0.717) is 18.8 Å². The van der Waals surface area contributed by atoms with Crippen molar-refractivity contribution in [3.05, 3.63) is 60.7 Å². The zero-order valence-corrected chi connectivity index (χ0v) is 13.2. The standard InChI is InChI=1S/C17H21NO3S/c19-15(14-21-16-7-3-1-4-8-16)13-18-11-12-22(20)17-9-5-2-6-10-17/h1-10,15,18-19H,11-14H2/t15-,22-/m0/s1. The molecule has 0 bridgehead atoms. The van der Waals surface area contributed by atoms with Crippen LogP contribution in [0.4, 0.5) is 0 Å². The molecular formula is C17H21NO3S. The third-order valence-electron chi connectivity index (χ3n) is 3.04. The zero-order chi connectivity index (χ0) is 15.6. The van der Waals surface area contributed by atoms with E-state index in [1.165, 1.54) is 0 Å². The van der Waals surface area contributed by atoms with Gasteiger partial charge in [-0.3, -0.25) is 4.21 Å². The molecule has 0 aliphatic heterocycles. The Balaban J connectivity index is 1.59. The number of rotatable bonds is 9. The molecule has 0 saturated heterocycles. The lowest BCUT2D eigenvalue weighted by Gasteiger charge is -2.13. The summed E-state index contributed by atoms with van der Waals surface area (Å²) < 4.78 is 17.4. The highest BCUT2D eigenvalue weighted by Crippen LogP contribution is 2.08. The summed E-state index contributed by atoms with van der Waals surface area (Å²) in [6, 6.07) is 18.8. The van der Waals surface area contributed by atoms with Crippen LogP contribution < -0.4 is 10.1 Å². The van der Waals surface area contributed by atoms with Crippen LogP contribution in [0, 0.1) is 0 Å². The molecular weight excluding hydrogens is 298 g/mol. The Bertz CT molecular complexity index is 563. The summed E-state index contributed by atoms with van der Waals surface area (Å²) in [4.78, 5) is 0.831. The van der Waals surface area contributed by atoms with Crippen LogP contribution in [0.15, 0.2) is 65.6 Å². The topological polar surface area (TPSA) is 58.6 Å². The second-order valence-electron chi connectivity index (χ2n) is 4.84. The highest BCUT2D eigenvalue weighted by Gasteiger charge is 2.06. The van der Waals surface area contributed by atoms with Crippen LogP contribution >= 0.6 is 0 Å². The quantitative estimate of drug-likeness (QED) is 0.692. The maximum Gasteiger partial charge on any atom is 0.119 e. The fraction of sp³-hybridized carbons (Fsp3) is 0.294. The number of hydrogen-bond donors (Lipinski definition) is 2. The molecule has 5 heteroatoms. The summed E-state index contributed by atoms with van der Waals surface area (Å²) in [6.07, 6.45) is -0.592. The Kier molecular flexibility index (Phi) is 7.09. The lowest BCUT2D eigenvalue weighted by Crippen LogP contribution is -2.33. The summed E-state index contributed by atoms with van der Waals surface area (Å²) in [6.45, 7) is 1.24. The normalized spacial score (nSPS) is 13.5. The van der Waals surface area contributed by atoms with Gasteiger partial charge in [0.25, 0.3) is 0 Å². The van der Waals surface area contributed by atoms with Gasteiger partial charge < -0.3 is 15.2 Å². The number of para-hydroxylation sites is 1. The Hall–Kier alpha value is -1.69. The number of benzene rings is 2. The van der Waals surface area contributed by atoms with E-state index in [9.17, 15) is 9.32 Å². The van der Waals surface area contributed by atoms with Crippen molar-refractivity contribution in [3.63, 3.8) is 0 Å². The van der Waals surface area contributed by atoms with Crippen LogP contribution in [0.1, 0.15) is 0 Å². The van der Waals surface area contributed by atoms with Crippen molar-refractivity contribution in [2.75, 3.05) is 25.4 Å². The van der Waals surface area contributed by atoms with Gasteiger partial charge in [0.05, 0.1) is 10.8 Å². The van der Waals surface area contributed by atoms with E-state index in [1.54, 1.807) is 0 Å². The Morgan fingerprint density at radius 3 is 2.36 bits per heavy atom. The molecule has 0 unspecified atom stereocenters. The van der Waals surface area contributed by atoms with Crippen molar-refractivity contribution in [3.8, 4) is 5.75 Å². The Morgan fingerprint density at radius 2 is 1.68 bits per heavy atom. The number of aliphatic hydroxyl groups is 1. The van der Waals surface area contributed by atoms with E-state index < -0.39 is 16.9 Å². The van der Waals surface area contributed by atoms with E-state index in [1.807, 2.05) is 60.7 Å². The first-order valence-corrected chi connectivity index (χ1v) is 8.57. The summed E-state index contributed by atoms with van der Waals surface area (Å²) in [5.41, 5.74) is 0. The predicted octanol–water partition coefficient (Wildman–Crippen LogP) is 1.82. The molecule has 2 rings (SSSR count). The largest absolute Gasteiger partial charge is 0.491 e. The van der Waals surface area contributed by atoms with E-state index >= 15 is 0 Å². The molecule has 2 N–H and O–H groups in total. The number of ether oxygens (including phenoxy) is 1. The third-order valence-corrected chi connectivity index (χ3v) is 4.41. The molecule has 0 aromatic heterocycles. The third kappa shape index (κ3) is 5.97. The van der Waals surface area contributed by atoms with Gasteiger partial charge in [-0.2, -0.15) is 0 Å². The van der Waals surface area contributed by atoms with Gasteiger partial charge in [-0.1, -0.05) is 36.4 Å². The smallest absolute Gasteiger partial charge is 0.119 e. The van der Waals surface area contributed by atoms with Crippen molar-refractivity contribution >= 4 is 10.8 Å². The molecule has 0 amide bonds. The molecule has 0 aliphatic carbocycles. The Labute approximate surface area is 133 Å². The van der Waals surface area contributed by atoms with Crippen molar-refractivity contribution in [2.45, 2.75) is 11.0 Å². The average molecular weight is 319 g/mol. The first-order valence-electron chi connectivity index (χ1n) is 7.26. The van der Waals surface area contributed by atoms with E-state index in [-0.39, 0.29) is 6.61 Å². The van der Waals surface area contributed by atoms with Gasteiger partial charge in [0.15, 0.2) is 0 Å². The molecule has 2 aromatic rings. The summed E-state index contributed by atoms with van der Waals surface area (Å²) in [5.74, 6) is 1.27. The van der Waals surface area contributed by atoms with Gasteiger partial charge in [-0.05, 0) is 24.3 Å². The first-order chi connectivity index (χ1) is 10.8. The molecule has 4 nitrogen and oxygen atoms in total. The van der Waals surface area contributed by atoms with Crippen LogP contribution in [0.2, 0.25) is 0 Å². The fourth-order valence-corrected chi connectivity index (χ4v) is 2.92. The highest BCUT2D eigenvalue weighted by atomic mass is 32.2. The fourth-order valence-electron chi connectivity index (χ4n) is 1.89. The summed E-state index contributed by atoms with van der Waals surface area (Å²) in [7, 11) is -1.01. The van der Waals surface area contributed by atoms with E-state index in [0.717, 1.165) is 10.6 Å². The van der Waals surface area contributed by atoms with Crippen LogP contribution in [0.3, 0.4) is 0 Å². The van der Waals surface area contributed by atoms with Gasteiger partial charge >= 0.3 is 0 Å². The van der Waals surface area contributed by atoms with Crippen molar-refractivity contribution in [2.24, 2.45) is 0 Å². The monoisotopic (exact) mass is 319 g/mol. The van der Waals surface area contributed by atoms with E-state index in [2.05, 4.69) is 5.32 Å². The molecule has 0 spiro atoms. The van der Waals surface area contributed by atoms with Gasteiger partial charge in [-0.25, -0.2) is 0 Å². The van der Waals surface area contributed by atoms with Gasteiger partial charge in [-0.15, -0.1) is 0 Å². The lowest BCUT2D eigenvalue weighted by atomic mass is 10.3. The molecule has 2 atom stereocenters. The molecule has 118 valence electrons. The zero-order valence-electron chi connectivity index (χ0n) is 12.4. The highest BCUT2D eigenvalue weighted by molar-refractivity contribution is 7.85. The SMILES string of the molecule is O=[S@@](CCNC[C@H](O)COc1ccccc1)c1ccccc1. The van der Waals surface area contributed by atoms with E-state index in [4.69, 9.17) is 4.74 Å². The average Bonchev–Trinajstić information content (AvgIpc) is 2.58. The minimum atomic E-state index is -1.01. The van der Waals surface area contributed by atoms with Crippen molar-refractivity contribution < 1.29 is 14.1 Å². The molecule has 0 aliphatic rings. The van der Waals surface area contributed by atoms with Gasteiger partial charge in [0.1, 0.15) is 18.5 Å². The Morgan fingerprint density at radius 1 is 1.05 bits per heavy atom.